The van der Waals surface area contributed by atoms with E-state index in [0.717, 1.165) is 11.3 Å². The van der Waals surface area contributed by atoms with Gasteiger partial charge in [-0.3, -0.25) is 0 Å². The van der Waals surface area contributed by atoms with Gasteiger partial charge in [0.15, 0.2) is 5.65 Å². The van der Waals surface area contributed by atoms with Gasteiger partial charge in [0.05, 0.1) is 12.1 Å². The van der Waals surface area contributed by atoms with Crippen LogP contribution in [0.1, 0.15) is 16.8 Å². The number of rotatable bonds is 5. The van der Waals surface area contributed by atoms with Crippen LogP contribution in [0.2, 0.25) is 0 Å². The SMILES string of the molecule is FC(F)(F)Cc1ccccc1CNCc1cccc2ncnn12. The van der Waals surface area contributed by atoms with Crippen molar-refractivity contribution in [1.82, 2.24) is 19.9 Å². The number of aromatic nitrogens is 3. The third kappa shape index (κ3) is 3.87. The van der Waals surface area contributed by atoms with Crippen LogP contribution in [-0.4, -0.2) is 20.8 Å². The summed E-state index contributed by atoms with van der Waals surface area (Å²) in [5, 5.41) is 7.30. The molecule has 4 nitrogen and oxygen atoms in total. The summed E-state index contributed by atoms with van der Waals surface area (Å²) >= 11 is 0. The lowest BCUT2D eigenvalue weighted by Gasteiger charge is -2.13. The van der Waals surface area contributed by atoms with Gasteiger partial charge in [-0.2, -0.15) is 18.3 Å². The molecule has 0 amide bonds. The van der Waals surface area contributed by atoms with Crippen LogP contribution in [0.15, 0.2) is 48.8 Å². The Bertz CT molecular complexity index is 795. The van der Waals surface area contributed by atoms with Crippen LogP contribution in [0.3, 0.4) is 0 Å². The molecule has 0 radical (unpaired) electrons. The summed E-state index contributed by atoms with van der Waals surface area (Å²) in [6, 6.07) is 12.2. The number of hydrogen-bond acceptors (Lipinski definition) is 3. The fourth-order valence-electron chi connectivity index (χ4n) is 2.48. The molecule has 3 rings (SSSR count). The van der Waals surface area contributed by atoms with Gasteiger partial charge in [-0.1, -0.05) is 30.3 Å². The monoisotopic (exact) mass is 320 g/mol. The van der Waals surface area contributed by atoms with Crippen LogP contribution in [0.25, 0.3) is 5.65 Å². The molecule has 1 aromatic carbocycles. The Morgan fingerprint density at radius 2 is 1.74 bits per heavy atom. The lowest BCUT2D eigenvalue weighted by molar-refractivity contribution is -0.127. The molecule has 23 heavy (non-hydrogen) atoms. The largest absolute Gasteiger partial charge is 0.393 e. The lowest BCUT2D eigenvalue weighted by Crippen LogP contribution is -2.18. The van der Waals surface area contributed by atoms with E-state index in [-0.39, 0.29) is 0 Å². The summed E-state index contributed by atoms with van der Waals surface area (Å²) in [5.74, 6) is 0. The number of benzene rings is 1. The van der Waals surface area contributed by atoms with Crippen molar-refractivity contribution in [2.24, 2.45) is 0 Å². The molecule has 3 aromatic rings. The average Bonchev–Trinajstić information content (AvgIpc) is 2.97. The second-order valence-electron chi connectivity index (χ2n) is 5.21. The van der Waals surface area contributed by atoms with Crippen molar-refractivity contribution in [2.75, 3.05) is 0 Å². The Hall–Kier alpha value is -2.41. The van der Waals surface area contributed by atoms with Crippen molar-refractivity contribution in [2.45, 2.75) is 25.7 Å². The highest BCUT2D eigenvalue weighted by Crippen LogP contribution is 2.23. The van der Waals surface area contributed by atoms with Crippen LogP contribution >= 0.6 is 0 Å². The Balaban J connectivity index is 1.68. The Labute approximate surface area is 131 Å². The van der Waals surface area contributed by atoms with Gasteiger partial charge in [0.2, 0.25) is 0 Å². The molecule has 2 aromatic heterocycles. The first-order chi connectivity index (χ1) is 11.0. The number of hydrogen-bond donors (Lipinski definition) is 1. The summed E-state index contributed by atoms with van der Waals surface area (Å²) < 4.78 is 39.5. The Kier molecular flexibility index (Phi) is 4.29. The topological polar surface area (TPSA) is 42.2 Å². The highest BCUT2D eigenvalue weighted by atomic mass is 19.4. The molecule has 1 N–H and O–H groups in total. The van der Waals surface area contributed by atoms with Gasteiger partial charge in [-0.05, 0) is 23.3 Å². The highest BCUT2D eigenvalue weighted by molar-refractivity contribution is 5.37. The van der Waals surface area contributed by atoms with Crippen molar-refractivity contribution in [1.29, 1.82) is 0 Å². The van der Waals surface area contributed by atoms with Crippen LogP contribution in [0.5, 0.6) is 0 Å². The van der Waals surface area contributed by atoms with Gasteiger partial charge in [0, 0.05) is 13.1 Å². The summed E-state index contributed by atoms with van der Waals surface area (Å²) in [6.45, 7) is 0.846. The first kappa shape index (κ1) is 15.5. The van der Waals surface area contributed by atoms with Gasteiger partial charge < -0.3 is 5.32 Å². The maximum Gasteiger partial charge on any atom is 0.393 e. The normalized spacial score (nSPS) is 12.0. The van der Waals surface area contributed by atoms with Gasteiger partial charge in [-0.15, -0.1) is 0 Å². The number of fused-ring (bicyclic) bond motifs is 1. The maximum atomic E-state index is 12.6. The van der Waals surface area contributed by atoms with Crippen molar-refractivity contribution in [3.8, 4) is 0 Å². The predicted octanol–water partition coefficient (Wildman–Crippen LogP) is 3.12. The predicted molar refractivity (Wildman–Crippen MR) is 79.7 cm³/mol. The molecular weight excluding hydrogens is 305 g/mol. The molecule has 0 aliphatic heterocycles. The number of alkyl halides is 3. The Morgan fingerprint density at radius 1 is 0.957 bits per heavy atom. The Morgan fingerprint density at radius 3 is 2.52 bits per heavy atom. The standard InChI is InChI=1S/C16H15F3N4/c17-16(18,19)8-12-4-1-2-5-13(12)9-20-10-14-6-3-7-15-21-11-22-23(14)15/h1-7,11,20H,8-10H2. The summed E-state index contributed by atoms with van der Waals surface area (Å²) in [4.78, 5) is 4.10. The fourth-order valence-corrected chi connectivity index (χ4v) is 2.48. The summed E-state index contributed by atoms with van der Waals surface area (Å²) in [6.07, 6.45) is -3.65. The van der Waals surface area contributed by atoms with E-state index < -0.39 is 12.6 Å². The minimum atomic E-state index is -4.21. The molecule has 7 heteroatoms. The van der Waals surface area contributed by atoms with Crippen LogP contribution in [0.4, 0.5) is 13.2 Å². The third-order valence-corrected chi connectivity index (χ3v) is 3.51. The van der Waals surface area contributed by atoms with E-state index in [9.17, 15) is 13.2 Å². The molecule has 0 bridgehead atoms. The smallest absolute Gasteiger partial charge is 0.307 e. The third-order valence-electron chi connectivity index (χ3n) is 3.51. The molecule has 0 fully saturated rings. The van der Waals surface area contributed by atoms with Crippen LogP contribution < -0.4 is 5.32 Å². The number of nitrogens with one attached hydrogen (secondary N) is 1. The van der Waals surface area contributed by atoms with Gasteiger partial charge in [-0.25, -0.2) is 9.50 Å². The first-order valence-corrected chi connectivity index (χ1v) is 7.15. The second kappa shape index (κ2) is 6.37. The molecule has 0 unspecified atom stereocenters. The zero-order valence-corrected chi connectivity index (χ0v) is 12.2. The number of halogens is 3. The molecule has 0 spiro atoms. The van der Waals surface area contributed by atoms with E-state index >= 15 is 0 Å². The first-order valence-electron chi connectivity index (χ1n) is 7.15. The van der Waals surface area contributed by atoms with Gasteiger partial charge >= 0.3 is 6.18 Å². The number of pyridine rings is 1. The minimum absolute atomic E-state index is 0.298. The zero-order chi connectivity index (χ0) is 16.3. The second-order valence-corrected chi connectivity index (χ2v) is 5.21. The number of nitrogens with zero attached hydrogens (tertiary/aromatic N) is 3. The van der Waals surface area contributed by atoms with Crippen molar-refractivity contribution < 1.29 is 13.2 Å². The van der Waals surface area contributed by atoms with E-state index in [4.69, 9.17) is 0 Å². The molecule has 120 valence electrons. The van der Waals surface area contributed by atoms with E-state index in [1.807, 2.05) is 18.2 Å². The fraction of sp³-hybridized carbons (Fsp3) is 0.250. The van der Waals surface area contributed by atoms with E-state index in [1.165, 1.54) is 12.4 Å². The van der Waals surface area contributed by atoms with Crippen molar-refractivity contribution in [3.05, 3.63) is 65.6 Å². The average molecular weight is 320 g/mol. The maximum absolute atomic E-state index is 12.6. The summed E-state index contributed by atoms with van der Waals surface area (Å²) in [7, 11) is 0. The quantitative estimate of drug-likeness (QED) is 0.785. The minimum Gasteiger partial charge on any atom is -0.307 e. The molecule has 0 aliphatic carbocycles. The molecule has 2 heterocycles. The lowest BCUT2D eigenvalue weighted by atomic mass is 10.0. The van der Waals surface area contributed by atoms with Gasteiger partial charge in [0.25, 0.3) is 0 Å². The molecule has 0 atom stereocenters. The summed E-state index contributed by atoms with van der Waals surface area (Å²) in [5.41, 5.74) is 2.58. The van der Waals surface area contributed by atoms with Gasteiger partial charge in [0.1, 0.15) is 6.33 Å². The van der Waals surface area contributed by atoms with Crippen molar-refractivity contribution in [3.63, 3.8) is 0 Å². The van der Waals surface area contributed by atoms with Crippen LogP contribution in [0, 0.1) is 0 Å². The molecule has 0 saturated carbocycles. The molecular formula is C16H15F3N4. The molecule has 0 aliphatic rings. The van der Waals surface area contributed by atoms with Crippen molar-refractivity contribution >= 4 is 5.65 Å². The zero-order valence-electron chi connectivity index (χ0n) is 12.2. The van der Waals surface area contributed by atoms with E-state index in [2.05, 4.69) is 15.4 Å². The highest BCUT2D eigenvalue weighted by Gasteiger charge is 2.28. The van der Waals surface area contributed by atoms with E-state index in [1.54, 1.807) is 22.7 Å². The van der Waals surface area contributed by atoms with Crippen LogP contribution in [-0.2, 0) is 19.5 Å². The molecule has 0 saturated heterocycles. The van der Waals surface area contributed by atoms with E-state index in [0.29, 0.717) is 24.2 Å².